The van der Waals surface area contributed by atoms with Crippen molar-refractivity contribution in [3.63, 3.8) is 0 Å². The van der Waals surface area contributed by atoms with Gasteiger partial charge in [0.2, 0.25) is 0 Å². The summed E-state index contributed by atoms with van der Waals surface area (Å²) in [6, 6.07) is 8.13. The number of hydrogen-bond donors (Lipinski definition) is 1. The van der Waals surface area contributed by atoms with Gasteiger partial charge in [0.05, 0.1) is 6.04 Å². The van der Waals surface area contributed by atoms with Crippen LogP contribution < -0.4 is 5.73 Å². The third-order valence-corrected chi connectivity index (χ3v) is 2.52. The first-order valence-corrected chi connectivity index (χ1v) is 4.83. The lowest BCUT2D eigenvalue weighted by Crippen LogP contribution is -2.11. The first-order valence-electron chi connectivity index (χ1n) is 4.45. The van der Waals surface area contributed by atoms with Gasteiger partial charge in [0.15, 0.2) is 0 Å². The average Bonchev–Trinajstić information content (AvgIpc) is 2.56. The van der Waals surface area contributed by atoms with Crippen LogP contribution in [-0.4, -0.2) is 18.7 Å². The highest BCUT2D eigenvalue weighted by molar-refractivity contribution is 6.31. The summed E-state index contributed by atoms with van der Waals surface area (Å²) in [6.45, 7) is 0.553. The highest BCUT2D eigenvalue weighted by atomic mass is 35.5. The van der Waals surface area contributed by atoms with Crippen molar-refractivity contribution in [3.05, 3.63) is 34.9 Å². The summed E-state index contributed by atoms with van der Waals surface area (Å²) in [7, 11) is 0. The second-order valence-corrected chi connectivity index (χ2v) is 3.63. The molecule has 1 aliphatic rings. The standard InChI is InChI=1S/C10H11ClN2O/c11-9-4-2-1-3-7(9)5-8-6-14-10(12)13-8/h1-4,8H,5-6H2,(H2,12,13)/t8-/m0/s1. The zero-order chi connectivity index (χ0) is 9.97. The van der Waals surface area contributed by atoms with Crippen LogP contribution in [0.25, 0.3) is 0 Å². The summed E-state index contributed by atoms with van der Waals surface area (Å²) in [6.07, 6.45) is 0.778. The maximum absolute atomic E-state index is 6.02. The number of ether oxygens (including phenoxy) is 1. The molecular formula is C10H11ClN2O. The minimum absolute atomic E-state index is 0.106. The number of aliphatic imine (C=N–C) groups is 1. The van der Waals surface area contributed by atoms with Gasteiger partial charge in [-0.1, -0.05) is 29.8 Å². The third-order valence-electron chi connectivity index (χ3n) is 2.15. The van der Waals surface area contributed by atoms with E-state index in [1.54, 1.807) is 0 Å². The normalized spacial score (nSPS) is 20.4. The van der Waals surface area contributed by atoms with Gasteiger partial charge in [0.25, 0.3) is 6.02 Å². The van der Waals surface area contributed by atoms with E-state index in [1.165, 1.54) is 0 Å². The lowest BCUT2D eigenvalue weighted by Gasteiger charge is -2.06. The molecule has 0 saturated heterocycles. The smallest absolute Gasteiger partial charge is 0.282 e. The van der Waals surface area contributed by atoms with Gasteiger partial charge in [-0.05, 0) is 18.1 Å². The highest BCUT2D eigenvalue weighted by Crippen LogP contribution is 2.18. The molecule has 1 aromatic carbocycles. The Labute approximate surface area is 87.5 Å². The minimum Gasteiger partial charge on any atom is -0.463 e. The van der Waals surface area contributed by atoms with Crippen LogP contribution in [0, 0.1) is 0 Å². The van der Waals surface area contributed by atoms with Crippen LogP contribution >= 0.6 is 11.6 Å². The van der Waals surface area contributed by atoms with E-state index >= 15 is 0 Å². The molecule has 14 heavy (non-hydrogen) atoms. The first-order chi connectivity index (χ1) is 6.75. The maximum atomic E-state index is 6.02. The number of rotatable bonds is 2. The second kappa shape index (κ2) is 3.88. The van der Waals surface area contributed by atoms with E-state index in [1.807, 2.05) is 24.3 Å². The van der Waals surface area contributed by atoms with Crippen molar-refractivity contribution in [1.82, 2.24) is 0 Å². The molecule has 0 aromatic heterocycles. The van der Waals surface area contributed by atoms with Gasteiger partial charge < -0.3 is 10.5 Å². The summed E-state index contributed by atoms with van der Waals surface area (Å²) in [5.41, 5.74) is 6.50. The molecule has 2 N–H and O–H groups in total. The summed E-state index contributed by atoms with van der Waals surface area (Å²) in [4.78, 5) is 4.14. The molecule has 0 radical (unpaired) electrons. The Morgan fingerprint density at radius 3 is 2.93 bits per heavy atom. The van der Waals surface area contributed by atoms with Gasteiger partial charge in [-0.3, -0.25) is 0 Å². The van der Waals surface area contributed by atoms with E-state index in [0.29, 0.717) is 6.61 Å². The number of halogens is 1. The summed E-state index contributed by atoms with van der Waals surface area (Å²) in [5.74, 6) is 0. The number of nitrogens with two attached hydrogens (primary N) is 1. The zero-order valence-electron chi connectivity index (χ0n) is 7.61. The van der Waals surface area contributed by atoms with Gasteiger partial charge in [0.1, 0.15) is 6.61 Å². The zero-order valence-corrected chi connectivity index (χ0v) is 8.37. The number of hydrogen-bond acceptors (Lipinski definition) is 3. The van der Waals surface area contributed by atoms with Crippen molar-refractivity contribution in [3.8, 4) is 0 Å². The van der Waals surface area contributed by atoms with Gasteiger partial charge in [-0.2, -0.15) is 0 Å². The summed E-state index contributed by atoms with van der Waals surface area (Å²) in [5, 5.41) is 0.771. The van der Waals surface area contributed by atoms with Crippen molar-refractivity contribution in [2.45, 2.75) is 12.5 Å². The second-order valence-electron chi connectivity index (χ2n) is 3.23. The van der Waals surface area contributed by atoms with Crippen LogP contribution in [0.2, 0.25) is 5.02 Å². The fraction of sp³-hybridized carbons (Fsp3) is 0.300. The van der Waals surface area contributed by atoms with E-state index in [2.05, 4.69) is 4.99 Å². The van der Waals surface area contributed by atoms with Gasteiger partial charge in [-0.25, -0.2) is 4.99 Å². The van der Waals surface area contributed by atoms with Crippen LogP contribution in [-0.2, 0) is 11.2 Å². The van der Waals surface area contributed by atoms with Crippen molar-refractivity contribution >= 4 is 17.6 Å². The van der Waals surface area contributed by atoms with Crippen LogP contribution in [0.4, 0.5) is 0 Å². The summed E-state index contributed by atoms with van der Waals surface area (Å²) < 4.78 is 5.06. The quantitative estimate of drug-likeness (QED) is 0.806. The van der Waals surface area contributed by atoms with Gasteiger partial charge >= 0.3 is 0 Å². The first kappa shape index (κ1) is 9.34. The Hall–Kier alpha value is -1.22. The monoisotopic (exact) mass is 210 g/mol. The SMILES string of the molecule is NC1=N[C@@H](Cc2ccccc2Cl)CO1. The predicted octanol–water partition coefficient (Wildman–Crippen LogP) is 1.60. The molecule has 0 fully saturated rings. The third kappa shape index (κ3) is 1.99. The van der Waals surface area contributed by atoms with Crippen molar-refractivity contribution in [1.29, 1.82) is 0 Å². The maximum Gasteiger partial charge on any atom is 0.282 e. The molecule has 0 amide bonds. The van der Waals surface area contributed by atoms with Crippen molar-refractivity contribution in [2.75, 3.05) is 6.61 Å². The molecule has 3 nitrogen and oxygen atoms in total. The number of amidine groups is 1. The van der Waals surface area contributed by atoms with Crippen LogP contribution in [0.5, 0.6) is 0 Å². The Kier molecular flexibility index (Phi) is 2.59. The molecule has 1 atom stereocenters. The Morgan fingerprint density at radius 2 is 2.29 bits per heavy atom. The van der Waals surface area contributed by atoms with Crippen LogP contribution in [0.1, 0.15) is 5.56 Å². The number of nitrogens with zero attached hydrogens (tertiary/aromatic N) is 1. The van der Waals surface area contributed by atoms with Gasteiger partial charge in [-0.15, -0.1) is 0 Å². The highest BCUT2D eigenvalue weighted by Gasteiger charge is 2.17. The lowest BCUT2D eigenvalue weighted by molar-refractivity contribution is 0.312. The Morgan fingerprint density at radius 1 is 1.50 bits per heavy atom. The van der Waals surface area contributed by atoms with Crippen molar-refractivity contribution < 1.29 is 4.74 Å². The van der Waals surface area contributed by atoms with Gasteiger partial charge in [0, 0.05) is 5.02 Å². The molecule has 1 aromatic rings. The molecule has 0 saturated carbocycles. The largest absolute Gasteiger partial charge is 0.463 e. The fourth-order valence-electron chi connectivity index (χ4n) is 1.46. The predicted molar refractivity (Wildman–Crippen MR) is 56.5 cm³/mol. The van der Waals surface area contributed by atoms with Crippen LogP contribution in [0.15, 0.2) is 29.3 Å². The molecular weight excluding hydrogens is 200 g/mol. The van der Waals surface area contributed by atoms with E-state index in [9.17, 15) is 0 Å². The Bertz CT molecular complexity index is 365. The topological polar surface area (TPSA) is 47.6 Å². The van der Waals surface area contributed by atoms with E-state index in [0.717, 1.165) is 17.0 Å². The van der Waals surface area contributed by atoms with E-state index in [4.69, 9.17) is 22.1 Å². The number of benzene rings is 1. The van der Waals surface area contributed by atoms with Crippen LogP contribution in [0.3, 0.4) is 0 Å². The van der Waals surface area contributed by atoms with E-state index in [-0.39, 0.29) is 12.1 Å². The molecule has 0 spiro atoms. The molecule has 0 unspecified atom stereocenters. The molecule has 1 heterocycles. The molecule has 1 aliphatic heterocycles. The minimum atomic E-state index is 0.106. The fourth-order valence-corrected chi connectivity index (χ4v) is 1.67. The lowest BCUT2D eigenvalue weighted by atomic mass is 10.1. The molecule has 0 bridgehead atoms. The average molecular weight is 211 g/mol. The molecule has 2 rings (SSSR count). The molecule has 0 aliphatic carbocycles. The molecule has 74 valence electrons. The van der Waals surface area contributed by atoms with Crippen molar-refractivity contribution in [2.24, 2.45) is 10.7 Å². The molecule has 4 heteroatoms. The Balaban J connectivity index is 2.08. The summed E-state index contributed by atoms with van der Waals surface area (Å²) >= 11 is 6.02. The van der Waals surface area contributed by atoms with E-state index < -0.39 is 0 Å².